The second-order valence-corrected chi connectivity index (χ2v) is 10.8. The zero-order valence-electron chi connectivity index (χ0n) is 23.0. The van der Waals surface area contributed by atoms with Gasteiger partial charge < -0.3 is 31.0 Å². The van der Waals surface area contributed by atoms with Crippen LogP contribution in [0, 0.1) is 0 Å². The Morgan fingerprint density at radius 2 is 1.95 bits per heavy atom. The van der Waals surface area contributed by atoms with Crippen molar-refractivity contribution in [1.29, 1.82) is 0 Å². The first-order chi connectivity index (χ1) is 20.6. The number of carbonyl (C=O) groups is 1. The Morgan fingerprint density at radius 3 is 2.86 bits per heavy atom. The number of fused-ring (bicyclic) bond motifs is 3. The maximum Gasteiger partial charge on any atom is 0.252 e. The second-order valence-electron chi connectivity index (χ2n) is 10.8. The molecule has 1 unspecified atom stereocenters. The number of aromatic hydroxyl groups is 1. The molecule has 0 fully saturated rings. The minimum atomic E-state index is -0.347. The number of rotatable bonds is 10. The molecule has 1 atom stereocenters. The van der Waals surface area contributed by atoms with Crippen LogP contribution in [0.1, 0.15) is 50.9 Å². The lowest BCUT2D eigenvalue weighted by atomic mass is 9.95. The molecular weight excluding hydrogens is 528 g/mol. The molecule has 42 heavy (non-hydrogen) atoms. The molecule has 7 rings (SSSR count). The van der Waals surface area contributed by atoms with Gasteiger partial charge in [-0.25, -0.2) is 0 Å². The lowest BCUT2D eigenvalue weighted by Crippen LogP contribution is -2.22. The Labute approximate surface area is 242 Å². The van der Waals surface area contributed by atoms with Crippen molar-refractivity contribution in [2.24, 2.45) is 5.73 Å². The normalized spacial score (nSPS) is 14.6. The smallest absolute Gasteiger partial charge is 0.252 e. The van der Waals surface area contributed by atoms with E-state index in [2.05, 4.69) is 67.0 Å². The number of hydrogen-bond donors (Lipinski definition) is 5. The number of hydrogen-bond acceptors (Lipinski definition) is 6. The quantitative estimate of drug-likeness (QED) is 0.172. The van der Waals surface area contributed by atoms with Crippen LogP contribution in [-0.2, 0) is 26.2 Å². The first-order valence-corrected chi connectivity index (χ1v) is 14.2. The fraction of sp³-hybridized carbons (Fsp3) is 0.219. The summed E-state index contributed by atoms with van der Waals surface area (Å²) in [6.07, 6.45) is 4.94. The van der Waals surface area contributed by atoms with E-state index < -0.39 is 0 Å². The van der Waals surface area contributed by atoms with Crippen LogP contribution in [-0.4, -0.2) is 42.1 Å². The Kier molecular flexibility index (Phi) is 6.69. The van der Waals surface area contributed by atoms with Gasteiger partial charge in [-0.2, -0.15) is 0 Å². The fourth-order valence-corrected chi connectivity index (χ4v) is 5.96. The highest BCUT2D eigenvalue weighted by Gasteiger charge is 2.33. The number of aryl methyl sites for hydroxylation is 1. The second kappa shape index (κ2) is 10.8. The van der Waals surface area contributed by atoms with Gasteiger partial charge in [0.25, 0.3) is 5.91 Å². The molecule has 6 aromatic rings. The highest BCUT2D eigenvalue weighted by Crippen LogP contribution is 2.38. The first kappa shape index (κ1) is 26.0. The minimum Gasteiger partial charge on any atom is -0.508 e. The molecule has 10 nitrogen and oxygen atoms in total. The molecule has 212 valence electrons. The Balaban J connectivity index is 1.11. The number of amides is 1. The Morgan fingerprint density at radius 1 is 1.05 bits per heavy atom. The van der Waals surface area contributed by atoms with Crippen LogP contribution in [0.25, 0.3) is 21.8 Å². The standard InChI is InChI=1S/C32H32N8O2/c33-11-3-12-40-19-22(37-38-40)18-39-13-10-21-7-6-20(14-29(21)39)16-34-17-28-30(25-4-1-2-5-27(25)35-28)31-26-15-23(41)8-9-24(26)32(42)36-31/h1-2,4-10,13-15,19,31,34-35,41H,3,11-12,16-18,33H2,(H,36,42). The number of phenolic OH excluding ortho intramolecular Hbond substituents is 1. The van der Waals surface area contributed by atoms with E-state index in [-0.39, 0.29) is 17.7 Å². The number of benzene rings is 3. The molecule has 0 bridgehead atoms. The third-order valence-electron chi connectivity index (χ3n) is 7.96. The number of aromatic nitrogens is 5. The van der Waals surface area contributed by atoms with Crippen LogP contribution in [0.4, 0.5) is 0 Å². The van der Waals surface area contributed by atoms with Crippen molar-refractivity contribution < 1.29 is 9.90 Å². The van der Waals surface area contributed by atoms with E-state index in [1.807, 2.05) is 29.1 Å². The summed E-state index contributed by atoms with van der Waals surface area (Å²) in [6, 6.07) is 21.3. The van der Waals surface area contributed by atoms with Gasteiger partial charge in [0.1, 0.15) is 11.4 Å². The fourth-order valence-electron chi connectivity index (χ4n) is 5.96. The summed E-state index contributed by atoms with van der Waals surface area (Å²) < 4.78 is 4.04. The topological polar surface area (TPSA) is 139 Å². The van der Waals surface area contributed by atoms with E-state index >= 15 is 0 Å². The summed E-state index contributed by atoms with van der Waals surface area (Å²) in [5, 5.41) is 27.7. The average molecular weight is 561 g/mol. The molecule has 0 aliphatic carbocycles. The number of phenols is 1. The summed E-state index contributed by atoms with van der Waals surface area (Å²) in [7, 11) is 0. The van der Waals surface area contributed by atoms with Gasteiger partial charge in [0.05, 0.1) is 18.8 Å². The van der Waals surface area contributed by atoms with Crippen molar-refractivity contribution in [3.8, 4) is 5.75 Å². The maximum atomic E-state index is 12.8. The maximum absolute atomic E-state index is 12.8. The van der Waals surface area contributed by atoms with Crippen molar-refractivity contribution >= 4 is 27.7 Å². The predicted octanol–water partition coefficient (Wildman–Crippen LogP) is 3.94. The summed E-state index contributed by atoms with van der Waals surface area (Å²) in [5.41, 5.74) is 13.2. The number of carbonyl (C=O) groups excluding carboxylic acids is 1. The Hall–Kier alpha value is -4.93. The summed E-state index contributed by atoms with van der Waals surface area (Å²) in [6.45, 7) is 3.29. The van der Waals surface area contributed by atoms with Crippen molar-refractivity contribution in [2.75, 3.05) is 6.54 Å². The molecule has 3 aromatic heterocycles. The number of aromatic amines is 1. The number of nitrogens with one attached hydrogen (secondary N) is 3. The lowest BCUT2D eigenvalue weighted by Gasteiger charge is -2.15. The minimum absolute atomic E-state index is 0.131. The summed E-state index contributed by atoms with van der Waals surface area (Å²) >= 11 is 0. The Bertz CT molecular complexity index is 1920. The van der Waals surface area contributed by atoms with Crippen molar-refractivity contribution in [3.05, 3.63) is 113 Å². The number of para-hydroxylation sites is 1. The molecule has 0 saturated heterocycles. The van der Waals surface area contributed by atoms with E-state index in [1.165, 1.54) is 5.39 Å². The van der Waals surface area contributed by atoms with Gasteiger partial charge in [0.15, 0.2) is 0 Å². The van der Waals surface area contributed by atoms with Gasteiger partial charge in [0, 0.05) is 59.1 Å². The highest BCUT2D eigenvalue weighted by atomic mass is 16.3. The molecule has 1 aliphatic rings. The van der Waals surface area contributed by atoms with E-state index in [4.69, 9.17) is 5.73 Å². The number of nitrogens with zero attached hydrogens (tertiary/aromatic N) is 4. The zero-order valence-corrected chi connectivity index (χ0v) is 23.0. The van der Waals surface area contributed by atoms with Gasteiger partial charge in [-0.3, -0.25) is 9.48 Å². The molecule has 6 N–H and O–H groups in total. The third-order valence-corrected chi connectivity index (χ3v) is 7.96. The predicted molar refractivity (Wildman–Crippen MR) is 161 cm³/mol. The van der Waals surface area contributed by atoms with Gasteiger partial charge in [-0.1, -0.05) is 35.5 Å². The van der Waals surface area contributed by atoms with E-state index in [0.717, 1.165) is 57.5 Å². The molecule has 10 heteroatoms. The van der Waals surface area contributed by atoms with E-state index in [0.29, 0.717) is 31.7 Å². The monoisotopic (exact) mass is 560 g/mol. The van der Waals surface area contributed by atoms with Gasteiger partial charge in [-0.05, 0) is 65.9 Å². The van der Waals surface area contributed by atoms with Crippen LogP contribution in [0.2, 0.25) is 0 Å². The van der Waals surface area contributed by atoms with Crippen LogP contribution in [0.5, 0.6) is 5.75 Å². The van der Waals surface area contributed by atoms with Gasteiger partial charge in [0.2, 0.25) is 0 Å². The number of H-pyrrole nitrogens is 1. The van der Waals surface area contributed by atoms with E-state index in [1.54, 1.807) is 18.2 Å². The summed E-state index contributed by atoms with van der Waals surface area (Å²) in [4.78, 5) is 16.3. The zero-order chi connectivity index (χ0) is 28.6. The average Bonchev–Trinajstić information content (AvgIpc) is 3.77. The number of nitrogens with two attached hydrogens (primary N) is 1. The molecule has 4 heterocycles. The molecule has 3 aromatic carbocycles. The molecule has 1 aliphatic heterocycles. The molecular formula is C32H32N8O2. The van der Waals surface area contributed by atoms with Gasteiger partial charge in [-0.15, -0.1) is 5.10 Å². The van der Waals surface area contributed by atoms with Gasteiger partial charge >= 0.3 is 0 Å². The van der Waals surface area contributed by atoms with Crippen molar-refractivity contribution in [1.82, 2.24) is 35.2 Å². The highest BCUT2D eigenvalue weighted by molar-refractivity contribution is 6.01. The first-order valence-electron chi connectivity index (χ1n) is 14.2. The van der Waals surface area contributed by atoms with Crippen molar-refractivity contribution in [3.63, 3.8) is 0 Å². The van der Waals surface area contributed by atoms with Crippen LogP contribution >= 0.6 is 0 Å². The van der Waals surface area contributed by atoms with Crippen molar-refractivity contribution in [2.45, 2.75) is 38.6 Å². The van der Waals surface area contributed by atoms with E-state index in [9.17, 15) is 9.90 Å². The molecule has 0 radical (unpaired) electrons. The molecule has 0 spiro atoms. The molecule has 0 saturated carbocycles. The lowest BCUT2D eigenvalue weighted by molar-refractivity contribution is 0.0960. The summed E-state index contributed by atoms with van der Waals surface area (Å²) in [5.74, 6) is 0.0136. The molecule has 1 amide bonds. The largest absolute Gasteiger partial charge is 0.508 e. The third kappa shape index (κ3) is 4.80. The van der Waals surface area contributed by atoms with Crippen LogP contribution < -0.4 is 16.4 Å². The van der Waals surface area contributed by atoms with Crippen LogP contribution in [0.15, 0.2) is 79.1 Å². The van der Waals surface area contributed by atoms with Crippen LogP contribution in [0.3, 0.4) is 0 Å². The SMILES string of the molecule is NCCCn1cc(Cn2ccc3ccc(CNCc4[nH]c5ccccc5c4C4NC(=O)c5ccc(O)cc54)cc32)nn1.